The molecule has 7 heteroatoms. The van der Waals surface area contributed by atoms with E-state index in [1.165, 1.54) is 4.88 Å². The van der Waals surface area contributed by atoms with E-state index in [0.717, 1.165) is 16.5 Å². The minimum absolute atomic E-state index is 0.429. The Bertz CT molecular complexity index is 735. The molecule has 0 bridgehead atoms. The van der Waals surface area contributed by atoms with Crippen molar-refractivity contribution in [2.24, 2.45) is 0 Å². The lowest BCUT2D eigenvalue weighted by Gasteiger charge is -1.92. The summed E-state index contributed by atoms with van der Waals surface area (Å²) in [5.74, 6) is 0.884. The lowest BCUT2D eigenvalue weighted by atomic mass is 10.2. The molecule has 0 atom stereocenters. The smallest absolute Gasteiger partial charge is 0.261 e. The molecule has 0 radical (unpaired) electrons. The van der Waals surface area contributed by atoms with E-state index in [9.17, 15) is 0 Å². The Labute approximate surface area is 128 Å². The summed E-state index contributed by atoms with van der Waals surface area (Å²) in [5.41, 5.74) is 7.44. The van der Waals surface area contributed by atoms with E-state index >= 15 is 0 Å². The second-order valence-electron chi connectivity index (χ2n) is 4.13. The highest BCUT2D eigenvalue weighted by Gasteiger charge is 2.16. The van der Waals surface area contributed by atoms with Gasteiger partial charge in [0.05, 0.1) is 10.6 Å². The predicted octanol–water partition coefficient (Wildman–Crippen LogP) is 3.77. The highest BCUT2D eigenvalue weighted by Crippen LogP contribution is 2.33. The van der Waals surface area contributed by atoms with Gasteiger partial charge in [-0.3, -0.25) is 4.98 Å². The molecule has 20 heavy (non-hydrogen) atoms. The Balaban J connectivity index is 1.97. The number of hydrogen-bond donors (Lipinski definition) is 1. The number of aryl methyl sites for hydroxylation is 1. The third-order valence-electron chi connectivity index (χ3n) is 2.77. The molecule has 0 saturated carbocycles. The number of rotatable bonds is 3. The molecular weight excluding hydrogens is 340 g/mol. The molecule has 0 fully saturated rings. The number of nitrogens with two attached hydrogens (primary N) is 1. The first-order valence-corrected chi connectivity index (χ1v) is 7.62. The average molecular weight is 351 g/mol. The summed E-state index contributed by atoms with van der Waals surface area (Å²) in [6, 6.07) is 5.70. The Morgan fingerprint density at radius 2 is 2.25 bits per heavy atom. The summed E-state index contributed by atoms with van der Waals surface area (Å²) in [5, 5.41) is 4.65. The van der Waals surface area contributed by atoms with Crippen LogP contribution in [0.25, 0.3) is 23.0 Å². The number of aromatic nitrogens is 3. The standard InChI is InChI=1S/C13H11BrN4OS/c1-2-8-5-9(11(15)20-8)13-17-12(18-19-13)10-4-3-7(14)6-16-10/h3-6H,2,15H2,1H3. The zero-order chi connectivity index (χ0) is 14.1. The van der Waals surface area contributed by atoms with Crippen molar-refractivity contribution >= 4 is 32.3 Å². The largest absolute Gasteiger partial charge is 0.390 e. The second kappa shape index (κ2) is 5.34. The van der Waals surface area contributed by atoms with Gasteiger partial charge in [0.25, 0.3) is 5.89 Å². The van der Waals surface area contributed by atoms with Crippen LogP contribution in [0.1, 0.15) is 11.8 Å². The third-order valence-corrected chi connectivity index (χ3v) is 4.35. The van der Waals surface area contributed by atoms with Crippen LogP contribution in [-0.4, -0.2) is 15.1 Å². The first kappa shape index (κ1) is 13.3. The molecule has 5 nitrogen and oxygen atoms in total. The van der Waals surface area contributed by atoms with Crippen LogP contribution in [0.4, 0.5) is 5.00 Å². The lowest BCUT2D eigenvalue weighted by molar-refractivity contribution is 0.432. The van der Waals surface area contributed by atoms with Crippen molar-refractivity contribution in [1.29, 1.82) is 0 Å². The average Bonchev–Trinajstić information content (AvgIpc) is 3.06. The normalized spacial score (nSPS) is 10.9. The molecule has 102 valence electrons. The first-order chi connectivity index (χ1) is 9.67. The molecule has 0 amide bonds. The molecule has 0 saturated heterocycles. The number of hydrogen-bond acceptors (Lipinski definition) is 6. The molecule has 2 N–H and O–H groups in total. The fourth-order valence-corrected chi connectivity index (χ4v) is 2.84. The molecule has 0 aliphatic rings. The van der Waals surface area contributed by atoms with E-state index < -0.39 is 0 Å². The van der Waals surface area contributed by atoms with Crippen molar-refractivity contribution in [2.45, 2.75) is 13.3 Å². The predicted molar refractivity (Wildman–Crippen MR) is 82.3 cm³/mol. The summed E-state index contributed by atoms with van der Waals surface area (Å²) in [6.45, 7) is 2.08. The highest BCUT2D eigenvalue weighted by molar-refractivity contribution is 9.10. The van der Waals surface area contributed by atoms with E-state index in [1.54, 1.807) is 17.5 Å². The summed E-state index contributed by atoms with van der Waals surface area (Å²) in [4.78, 5) is 9.79. The van der Waals surface area contributed by atoms with Gasteiger partial charge in [0, 0.05) is 15.5 Å². The minimum atomic E-state index is 0.429. The van der Waals surface area contributed by atoms with Crippen molar-refractivity contribution in [2.75, 3.05) is 5.73 Å². The van der Waals surface area contributed by atoms with E-state index in [1.807, 2.05) is 18.2 Å². The van der Waals surface area contributed by atoms with E-state index in [0.29, 0.717) is 22.4 Å². The van der Waals surface area contributed by atoms with Gasteiger partial charge in [0.15, 0.2) is 0 Å². The van der Waals surface area contributed by atoms with Gasteiger partial charge in [-0.15, -0.1) is 11.3 Å². The number of anilines is 1. The van der Waals surface area contributed by atoms with Gasteiger partial charge < -0.3 is 10.3 Å². The van der Waals surface area contributed by atoms with Crippen LogP contribution >= 0.6 is 27.3 Å². The number of halogens is 1. The maximum atomic E-state index is 5.99. The molecule has 3 aromatic rings. The summed E-state index contributed by atoms with van der Waals surface area (Å²) in [6.07, 6.45) is 2.63. The van der Waals surface area contributed by atoms with Gasteiger partial charge in [-0.25, -0.2) is 0 Å². The zero-order valence-corrected chi connectivity index (χ0v) is 13.0. The SMILES string of the molecule is CCc1cc(-c2nc(-c3ccc(Br)cn3)no2)c(N)s1. The van der Waals surface area contributed by atoms with Crippen LogP contribution in [-0.2, 0) is 6.42 Å². The number of thiophene rings is 1. The van der Waals surface area contributed by atoms with Crippen molar-refractivity contribution < 1.29 is 4.52 Å². The Kier molecular flexibility index (Phi) is 3.54. The Hall–Kier alpha value is -1.73. The van der Waals surface area contributed by atoms with Crippen molar-refractivity contribution in [3.8, 4) is 23.0 Å². The maximum Gasteiger partial charge on any atom is 0.261 e. The molecule has 3 heterocycles. The van der Waals surface area contributed by atoms with Crippen LogP contribution in [0.2, 0.25) is 0 Å². The fourth-order valence-electron chi connectivity index (χ4n) is 1.74. The van der Waals surface area contributed by atoms with Crippen LogP contribution < -0.4 is 5.73 Å². The zero-order valence-electron chi connectivity index (χ0n) is 10.6. The molecule has 0 aliphatic heterocycles. The van der Waals surface area contributed by atoms with Crippen molar-refractivity contribution in [1.82, 2.24) is 15.1 Å². The highest BCUT2D eigenvalue weighted by atomic mass is 79.9. The first-order valence-electron chi connectivity index (χ1n) is 6.01. The molecule has 0 aromatic carbocycles. The Morgan fingerprint density at radius 1 is 1.40 bits per heavy atom. The summed E-state index contributed by atoms with van der Waals surface area (Å²) < 4.78 is 6.19. The summed E-state index contributed by atoms with van der Waals surface area (Å²) >= 11 is 4.88. The van der Waals surface area contributed by atoms with Gasteiger partial charge >= 0.3 is 0 Å². The molecular formula is C13H11BrN4OS. The van der Waals surface area contributed by atoms with Crippen LogP contribution in [0.5, 0.6) is 0 Å². The van der Waals surface area contributed by atoms with Crippen LogP contribution in [0.3, 0.4) is 0 Å². The number of nitrogen functional groups attached to an aromatic ring is 1. The van der Waals surface area contributed by atoms with Crippen molar-refractivity contribution in [3.63, 3.8) is 0 Å². The monoisotopic (exact) mass is 350 g/mol. The number of nitrogens with zero attached hydrogens (tertiary/aromatic N) is 3. The second-order valence-corrected chi connectivity index (χ2v) is 6.21. The van der Waals surface area contributed by atoms with Gasteiger partial charge in [-0.1, -0.05) is 12.1 Å². The van der Waals surface area contributed by atoms with Crippen molar-refractivity contribution in [3.05, 3.63) is 33.7 Å². The van der Waals surface area contributed by atoms with E-state index in [2.05, 4.69) is 38.0 Å². The molecule has 0 spiro atoms. The minimum Gasteiger partial charge on any atom is -0.390 e. The third kappa shape index (κ3) is 2.46. The van der Waals surface area contributed by atoms with Crippen LogP contribution in [0.15, 0.2) is 33.4 Å². The fraction of sp³-hybridized carbons (Fsp3) is 0.154. The van der Waals surface area contributed by atoms with Crippen LogP contribution in [0, 0.1) is 0 Å². The lowest BCUT2D eigenvalue weighted by Crippen LogP contribution is -1.86. The maximum absolute atomic E-state index is 5.99. The molecule has 3 rings (SSSR count). The molecule has 0 unspecified atom stereocenters. The molecule has 0 aliphatic carbocycles. The molecule has 3 aromatic heterocycles. The van der Waals surface area contributed by atoms with Gasteiger partial charge in [-0.2, -0.15) is 4.98 Å². The van der Waals surface area contributed by atoms with Gasteiger partial charge in [0.2, 0.25) is 5.82 Å². The van der Waals surface area contributed by atoms with E-state index in [-0.39, 0.29) is 0 Å². The van der Waals surface area contributed by atoms with E-state index in [4.69, 9.17) is 10.3 Å². The number of pyridine rings is 1. The summed E-state index contributed by atoms with van der Waals surface area (Å²) in [7, 11) is 0. The van der Waals surface area contributed by atoms with Gasteiger partial charge in [0.1, 0.15) is 5.69 Å². The quantitative estimate of drug-likeness (QED) is 0.777. The topological polar surface area (TPSA) is 77.8 Å². The van der Waals surface area contributed by atoms with Gasteiger partial charge in [-0.05, 0) is 40.5 Å². The Morgan fingerprint density at radius 3 is 2.90 bits per heavy atom.